The molecule has 1 N–H and O–H groups in total. The van der Waals surface area contributed by atoms with Gasteiger partial charge in [0.15, 0.2) is 12.4 Å². The van der Waals surface area contributed by atoms with E-state index in [0.29, 0.717) is 27.8 Å². The van der Waals surface area contributed by atoms with Crippen molar-refractivity contribution in [1.29, 1.82) is 0 Å². The summed E-state index contributed by atoms with van der Waals surface area (Å²) in [5.41, 5.74) is 2.40. The lowest BCUT2D eigenvalue weighted by atomic mass is 10.1. The van der Waals surface area contributed by atoms with Gasteiger partial charge >= 0.3 is 5.97 Å². The highest BCUT2D eigenvalue weighted by Gasteiger charge is 2.23. The van der Waals surface area contributed by atoms with E-state index in [2.05, 4.69) is 15.4 Å². The summed E-state index contributed by atoms with van der Waals surface area (Å²) < 4.78 is 6.80. The number of pyridine rings is 1. The van der Waals surface area contributed by atoms with Crippen LogP contribution in [0.25, 0.3) is 5.82 Å². The molecule has 0 aliphatic heterocycles. The van der Waals surface area contributed by atoms with Crippen molar-refractivity contribution in [2.75, 3.05) is 11.9 Å². The van der Waals surface area contributed by atoms with Crippen LogP contribution in [0.3, 0.4) is 0 Å². The summed E-state index contributed by atoms with van der Waals surface area (Å²) in [7, 11) is 0. The van der Waals surface area contributed by atoms with Crippen LogP contribution in [0.1, 0.15) is 41.4 Å². The standard InChI is InChI=1S/C21H21ClN4O3/c1-13(2)20-15(11-24-26(20)18-6-4-5-9-23-18)21(28)29-12-19(27)25-17-8-7-14(3)10-16(17)22/h4-11,13H,12H2,1-3H3,(H,25,27). The summed E-state index contributed by atoms with van der Waals surface area (Å²) >= 11 is 6.11. The number of benzene rings is 1. The van der Waals surface area contributed by atoms with E-state index in [1.807, 2.05) is 32.9 Å². The highest BCUT2D eigenvalue weighted by atomic mass is 35.5. The first kappa shape index (κ1) is 20.5. The Hall–Kier alpha value is -3.19. The number of carbonyl (C=O) groups is 2. The number of aryl methyl sites for hydroxylation is 1. The highest BCUT2D eigenvalue weighted by molar-refractivity contribution is 6.33. The quantitative estimate of drug-likeness (QED) is 0.614. The lowest BCUT2D eigenvalue weighted by molar-refractivity contribution is -0.119. The second-order valence-electron chi connectivity index (χ2n) is 6.81. The van der Waals surface area contributed by atoms with Crippen molar-refractivity contribution < 1.29 is 14.3 Å². The maximum absolute atomic E-state index is 12.6. The third-order valence-electron chi connectivity index (χ3n) is 4.17. The summed E-state index contributed by atoms with van der Waals surface area (Å²) in [6.07, 6.45) is 3.08. The van der Waals surface area contributed by atoms with Crippen LogP contribution in [0, 0.1) is 6.92 Å². The van der Waals surface area contributed by atoms with Crippen LogP contribution in [0.4, 0.5) is 5.69 Å². The average Bonchev–Trinajstić information content (AvgIpc) is 3.14. The average molecular weight is 413 g/mol. The Morgan fingerprint density at radius 3 is 2.69 bits per heavy atom. The number of nitrogens with one attached hydrogen (secondary N) is 1. The highest BCUT2D eigenvalue weighted by Crippen LogP contribution is 2.24. The fourth-order valence-electron chi connectivity index (χ4n) is 2.85. The van der Waals surface area contributed by atoms with E-state index in [1.54, 1.807) is 35.1 Å². The summed E-state index contributed by atoms with van der Waals surface area (Å²) in [4.78, 5) is 29.0. The Kier molecular flexibility index (Phi) is 6.29. The Bertz CT molecular complexity index is 1030. The molecule has 0 spiro atoms. The zero-order chi connectivity index (χ0) is 21.0. The number of rotatable bonds is 6. The number of halogens is 1. The largest absolute Gasteiger partial charge is 0.452 e. The van der Waals surface area contributed by atoms with Crippen molar-refractivity contribution in [2.45, 2.75) is 26.7 Å². The molecule has 0 fully saturated rings. The van der Waals surface area contributed by atoms with Gasteiger partial charge in [0.2, 0.25) is 0 Å². The molecule has 150 valence electrons. The van der Waals surface area contributed by atoms with Crippen LogP contribution < -0.4 is 5.32 Å². The molecule has 1 aromatic carbocycles. The van der Waals surface area contributed by atoms with Crippen molar-refractivity contribution in [2.24, 2.45) is 0 Å². The monoisotopic (exact) mass is 412 g/mol. The predicted molar refractivity (Wildman–Crippen MR) is 111 cm³/mol. The van der Waals surface area contributed by atoms with Crippen LogP contribution in [0.15, 0.2) is 48.8 Å². The van der Waals surface area contributed by atoms with Crippen LogP contribution in [-0.2, 0) is 9.53 Å². The van der Waals surface area contributed by atoms with Gasteiger partial charge in [0.05, 0.1) is 22.6 Å². The number of aromatic nitrogens is 3. The van der Waals surface area contributed by atoms with Gasteiger partial charge < -0.3 is 10.1 Å². The molecule has 0 unspecified atom stereocenters. The summed E-state index contributed by atoms with van der Waals surface area (Å²) in [5, 5.41) is 7.33. The van der Waals surface area contributed by atoms with Crippen molar-refractivity contribution >= 4 is 29.2 Å². The Morgan fingerprint density at radius 2 is 2.03 bits per heavy atom. The number of amides is 1. The number of hydrogen-bond donors (Lipinski definition) is 1. The maximum Gasteiger partial charge on any atom is 0.342 e. The minimum Gasteiger partial charge on any atom is -0.452 e. The van der Waals surface area contributed by atoms with Crippen LogP contribution in [-0.4, -0.2) is 33.2 Å². The zero-order valence-electron chi connectivity index (χ0n) is 16.3. The van der Waals surface area contributed by atoms with Gasteiger partial charge in [-0.15, -0.1) is 0 Å². The van der Waals surface area contributed by atoms with Gasteiger partial charge in [-0.1, -0.05) is 37.6 Å². The van der Waals surface area contributed by atoms with Gasteiger partial charge in [0.25, 0.3) is 5.91 Å². The number of esters is 1. The Labute approximate surface area is 173 Å². The van der Waals surface area contributed by atoms with Crippen molar-refractivity contribution in [1.82, 2.24) is 14.8 Å². The molecule has 0 aliphatic carbocycles. The molecular weight excluding hydrogens is 392 g/mol. The fraction of sp³-hybridized carbons (Fsp3) is 0.238. The molecule has 0 radical (unpaired) electrons. The van der Waals surface area contributed by atoms with E-state index < -0.39 is 18.5 Å². The molecule has 0 saturated carbocycles. The van der Waals surface area contributed by atoms with Gasteiger partial charge in [-0.2, -0.15) is 5.10 Å². The van der Waals surface area contributed by atoms with E-state index in [-0.39, 0.29) is 5.92 Å². The minimum atomic E-state index is -0.624. The van der Waals surface area contributed by atoms with Gasteiger partial charge in [-0.05, 0) is 42.7 Å². The molecule has 0 bridgehead atoms. The zero-order valence-corrected chi connectivity index (χ0v) is 17.1. The van der Waals surface area contributed by atoms with E-state index >= 15 is 0 Å². The summed E-state index contributed by atoms with van der Waals surface area (Å²) in [5.74, 6) is -0.516. The minimum absolute atomic E-state index is 0.0118. The predicted octanol–water partition coefficient (Wildman–Crippen LogP) is 4.15. The van der Waals surface area contributed by atoms with Gasteiger partial charge in [-0.25, -0.2) is 14.5 Å². The molecule has 0 saturated heterocycles. The number of ether oxygens (including phenoxy) is 1. The van der Waals surface area contributed by atoms with E-state index in [4.69, 9.17) is 16.3 Å². The van der Waals surface area contributed by atoms with E-state index in [9.17, 15) is 9.59 Å². The Balaban J connectivity index is 1.71. The van der Waals surface area contributed by atoms with Gasteiger partial charge in [-0.3, -0.25) is 4.79 Å². The van der Waals surface area contributed by atoms with Crippen LogP contribution in [0.2, 0.25) is 5.02 Å². The van der Waals surface area contributed by atoms with Crippen LogP contribution in [0.5, 0.6) is 0 Å². The first-order valence-electron chi connectivity index (χ1n) is 9.09. The lowest BCUT2D eigenvalue weighted by Gasteiger charge is -2.12. The molecule has 0 aliphatic rings. The molecule has 1 amide bonds. The fourth-order valence-corrected chi connectivity index (χ4v) is 3.13. The second-order valence-corrected chi connectivity index (χ2v) is 7.21. The number of hydrogen-bond acceptors (Lipinski definition) is 5. The topological polar surface area (TPSA) is 86.1 Å². The van der Waals surface area contributed by atoms with E-state index in [1.165, 1.54) is 6.20 Å². The van der Waals surface area contributed by atoms with Crippen molar-refractivity contribution in [3.05, 3.63) is 70.6 Å². The number of nitrogens with zero attached hydrogens (tertiary/aromatic N) is 3. The van der Waals surface area contributed by atoms with Crippen LogP contribution >= 0.6 is 11.6 Å². The third kappa shape index (κ3) is 4.81. The molecule has 3 rings (SSSR count). The molecule has 8 heteroatoms. The van der Waals surface area contributed by atoms with Crippen molar-refractivity contribution in [3.63, 3.8) is 0 Å². The first-order valence-corrected chi connectivity index (χ1v) is 9.47. The van der Waals surface area contributed by atoms with Crippen molar-refractivity contribution in [3.8, 4) is 5.82 Å². The molecule has 29 heavy (non-hydrogen) atoms. The summed E-state index contributed by atoms with van der Waals surface area (Å²) in [6.45, 7) is 5.35. The smallest absolute Gasteiger partial charge is 0.342 e. The Morgan fingerprint density at radius 1 is 1.24 bits per heavy atom. The van der Waals surface area contributed by atoms with Gasteiger partial charge in [0, 0.05) is 6.20 Å². The van der Waals surface area contributed by atoms with E-state index in [0.717, 1.165) is 5.56 Å². The molecule has 3 aromatic rings. The van der Waals surface area contributed by atoms with Gasteiger partial charge in [0.1, 0.15) is 5.56 Å². The lowest BCUT2D eigenvalue weighted by Crippen LogP contribution is -2.21. The third-order valence-corrected chi connectivity index (χ3v) is 4.49. The number of carbonyl (C=O) groups excluding carboxylic acids is 2. The molecular formula is C21H21ClN4O3. The molecule has 7 nitrogen and oxygen atoms in total. The maximum atomic E-state index is 12.6. The molecule has 2 aromatic heterocycles. The molecule has 2 heterocycles. The SMILES string of the molecule is Cc1ccc(NC(=O)COC(=O)c2cnn(-c3ccccn3)c2C(C)C)c(Cl)c1. The first-order chi connectivity index (χ1) is 13.9. The second kappa shape index (κ2) is 8.87. The normalized spacial score (nSPS) is 10.8. The summed E-state index contributed by atoms with van der Waals surface area (Å²) in [6, 6.07) is 10.7. The number of anilines is 1. The molecule has 0 atom stereocenters.